The van der Waals surface area contributed by atoms with Gasteiger partial charge in [0, 0.05) is 57.2 Å². The molecule has 2 amide bonds. The molecule has 218 valence electrons. The zero-order valence-corrected chi connectivity index (χ0v) is 23.4. The minimum atomic E-state index is -4.79. The monoisotopic (exact) mass is 570 g/mol. The summed E-state index contributed by atoms with van der Waals surface area (Å²) < 4.78 is 47.3. The number of primary amides is 1. The first-order valence-corrected chi connectivity index (χ1v) is 13.3. The van der Waals surface area contributed by atoms with Crippen molar-refractivity contribution in [3.63, 3.8) is 0 Å². The number of carbonyl (C=O) groups excluding carboxylic acids is 2. The zero-order chi connectivity index (χ0) is 29.9. The lowest BCUT2D eigenvalue weighted by atomic mass is 9.99. The highest BCUT2D eigenvalue weighted by Crippen LogP contribution is 2.35. The Morgan fingerprint density at radius 3 is 2.49 bits per heavy atom. The first kappa shape index (κ1) is 29.6. The van der Waals surface area contributed by atoms with Crippen LogP contribution in [-0.4, -0.2) is 73.1 Å². The number of anilines is 2. The van der Waals surface area contributed by atoms with Gasteiger partial charge in [-0.1, -0.05) is 13.0 Å². The molecule has 0 aliphatic carbocycles. The number of pyridine rings is 2. The fourth-order valence-corrected chi connectivity index (χ4v) is 4.98. The van der Waals surface area contributed by atoms with E-state index in [-0.39, 0.29) is 30.5 Å². The van der Waals surface area contributed by atoms with Crippen LogP contribution in [0.3, 0.4) is 0 Å². The van der Waals surface area contributed by atoms with Gasteiger partial charge in [-0.2, -0.15) is 13.2 Å². The Morgan fingerprint density at radius 2 is 1.85 bits per heavy atom. The Kier molecular flexibility index (Phi) is 8.69. The van der Waals surface area contributed by atoms with Crippen LogP contribution in [0, 0.1) is 0 Å². The summed E-state index contributed by atoms with van der Waals surface area (Å²) in [7, 11) is 3.16. The Hall–Kier alpha value is -4.35. The van der Waals surface area contributed by atoms with Gasteiger partial charge < -0.3 is 25.2 Å². The average Bonchev–Trinajstić information content (AvgIpc) is 2.95. The van der Waals surface area contributed by atoms with E-state index in [0.29, 0.717) is 42.3 Å². The van der Waals surface area contributed by atoms with Crippen LogP contribution in [0.15, 0.2) is 48.7 Å². The number of benzene rings is 1. The average molecular weight is 571 g/mol. The molecule has 3 heterocycles. The summed E-state index contributed by atoms with van der Waals surface area (Å²) in [5, 5.41) is 0. The topological polar surface area (TPSA) is 105 Å². The van der Waals surface area contributed by atoms with E-state index < -0.39 is 29.2 Å². The number of amides is 2. The van der Waals surface area contributed by atoms with Crippen LogP contribution in [0.5, 0.6) is 5.88 Å². The smallest absolute Gasteiger partial charge is 0.434 e. The maximum absolute atomic E-state index is 13.9. The van der Waals surface area contributed by atoms with E-state index in [4.69, 9.17) is 10.5 Å². The second-order valence-corrected chi connectivity index (χ2v) is 9.85. The van der Waals surface area contributed by atoms with Crippen molar-refractivity contribution in [1.82, 2.24) is 14.9 Å². The minimum Gasteiger partial charge on any atom is -0.478 e. The summed E-state index contributed by atoms with van der Waals surface area (Å²) in [6.45, 7) is 4.81. The summed E-state index contributed by atoms with van der Waals surface area (Å²) in [6.07, 6.45) is -2.60. The number of hydrogen-bond acceptors (Lipinski definition) is 7. The van der Waals surface area contributed by atoms with E-state index in [0.717, 1.165) is 0 Å². The molecule has 4 rings (SSSR count). The summed E-state index contributed by atoms with van der Waals surface area (Å²) in [6, 6.07) is 11.3. The number of piperazine rings is 1. The van der Waals surface area contributed by atoms with Crippen LogP contribution in [0.4, 0.5) is 24.7 Å². The van der Waals surface area contributed by atoms with Gasteiger partial charge >= 0.3 is 6.18 Å². The molecule has 41 heavy (non-hydrogen) atoms. The van der Waals surface area contributed by atoms with Crippen LogP contribution < -0.4 is 20.3 Å². The first-order valence-electron chi connectivity index (χ1n) is 13.3. The fraction of sp³-hybridized carbons (Fsp3) is 0.379. The third kappa shape index (κ3) is 6.21. The molecular weight excluding hydrogens is 537 g/mol. The van der Waals surface area contributed by atoms with Gasteiger partial charge in [0.15, 0.2) is 5.69 Å². The van der Waals surface area contributed by atoms with Crippen molar-refractivity contribution >= 4 is 23.3 Å². The Bertz CT molecular complexity index is 1430. The normalized spacial score (nSPS) is 15.5. The minimum absolute atomic E-state index is 0.104. The maximum Gasteiger partial charge on any atom is 0.434 e. The van der Waals surface area contributed by atoms with Crippen molar-refractivity contribution in [2.24, 2.45) is 5.73 Å². The van der Waals surface area contributed by atoms with Gasteiger partial charge in [-0.25, -0.2) is 9.97 Å². The van der Waals surface area contributed by atoms with Gasteiger partial charge in [0.2, 0.25) is 5.88 Å². The van der Waals surface area contributed by atoms with E-state index in [1.807, 2.05) is 30.9 Å². The molecular formula is C29H33F3N6O3. The number of aromatic nitrogens is 2. The van der Waals surface area contributed by atoms with Crippen LogP contribution in [0.2, 0.25) is 0 Å². The quantitative estimate of drug-likeness (QED) is 0.426. The molecule has 0 saturated carbocycles. The van der Waals surface area contributed by atoms with Gasteiger partial charge in [-0.15, -0.1) is 0 Å². The van der Waals surface area contributed by atoms with E-state index in [2.05, 4.69) is 9.97 Å². The molecule has 1 aromatic carbocycles. The molecule has 1 aliphatic rings. The lowest BCUT2D eigenvalue weighted by Gasteiger charge is -2.43. The number of hydrogen-bond donors (Lipinski definition) is 1. The highest BCUT2D eigenvalue weighted by atomic mass is 19.4. The van der Waals surface area contributed by atoms with E-state index in [1.165, 1.54) is 21.9 Å². The predicted octanol–water partition coefficient (Wildman–Crippen LogP) is 4.47. The van der Waals surface area contributed by atoms with Gasteiger partial charge in [0.1, 0.15) is 5.82 Å². The van der Waals surface area contributed by atoms with Gasteiger partial charge in [0.25, 0.3) is 11.8 Å². The maximum atomic E-state index is 13.9. The number of nitrogens with two attached hydrogens (primary N) is 1. The Labute approximate surface area is 236 Å². The lowest BCUT2D eigenvalue weighted by Crippen LogP contribution is -2.55. The molecule has 1 atom stereocenters. The van der Waals surface area contributed by atoms with Crippen LogP contribution in [0.25, 0.3) is 11.1 Å². The zero-order valence-electron chi connectivity index (χ0n) is 23.4. The second-order valence-electron chi connectivity index (χ2n) is 9.85. The molecule has 0 radical (unpaired) electrons. The van der Waals surface area contributed by atoms with Crippen molar-refractivity contribution < 1.29 is 27.5 Å². The third-order valence-electron chi connectivity index (χ3n) is 7.01. The molecule has 12 heteroatoms. The number of alkyl halides is 3. The standard InChI is InChI=1S/C29H33F3N6O3/c1-5-19-17-37(28(40)21-10-12-24(36(3)4)35-25(21)29(30,31)32)14-15-38(19)23-11-9-18(16-22(23)26(33)39)20-8-7-13-34-27(20)41-6-2/h7-13,16,19H,5-6,14-15,17H2,1-4H3,(H2,33,39)/t19-/m1/s1. The number of carbonyl (C=O) groups is 2. The molecule has 0 spiro atoms. The Balaban J connectivity index is 1.63. The highest BCUT2D eigenvalue weighted by molar-refractivity contribution is 6.00. The van der Waals surface area contributed by atoms with Gasteiger partial charge in [-0.05, 0) is 55.3 Å². The van der Waals surface area contributed by atoms with E-state index in [9.17, 15) is 22.8 Å². The van der Waals surface area contributed by atoms with Crippen molar-refractivity contribution in [1.29, 1.82) is 0 Å². The Morgan fingerprint density at radius 1 is 1.10 bits per heavy atom. The van der Waals surface area contributed by atoms with Gasteiger partial charge in [0.05, 0.1) is 17.7 Å². The van der Waals surface area contributed by atoms with Crippen LogP contribution >= 0.6 is 0 Å². The SMILES string of the molecule is CCOc1ncccc1-c1ccc(N2CCN(C(=O)c3ccc(N(C)C)nc3C(F)(F)F)C[C@H]2CC)c(C(N)=O)c1. The summed E-state index contributed by atoms with van der Waals surface area (Å²) in [4.78, 5) is 38.8. The van der Waals surface area contributed by atoms with Gasteiger partial charge in [-0.3, -0.25) is 9.59 Å². The van der Waals surface area contributed by atoms with Crippen molar-refractivity contribution in [2.75, 3.05) is 50.1 Å². The summed E-state index contributed by atoms with van der Waals surface area (Å²) >= 11 is 0. The summed E-state index contributed by atoms with van der Waals surface area (Å²) in [5.41, 5.74) is 6.39. The number of nitrogens with zero attached hydrogens (tertiary/aromatic N) is 5. The molecule has 2 aromatic heterocycles. The molecule has 2 N–H and O–H groups in total. The number of ether oxygens (including phenoxy) is 1. The number of rotatable bonds is 8. The molecule has 1 aliphatic heterocycles. The molecule has 3 aromatic rings. The first-order chi connectivity index (χ1) is 19.5. The fourth-order valence-electron chi connectivity index (χ4n) is 4.98. The largest absolute Gasteiger partial charge is 0.478 e. The van der Waals surface area contributed by atoms with Crippen LogP contribution in [0.1, 0.15) is 46.7 Å². The van der Waals surface area contributed by atoms with Crippen molar-refractivity contribution in [3.05, 3.63) is 65.5 Å². The second kappa shape index (κ2) is 12.0. The number of halogens is 3. The van der Waals surface area contributed by atoms with Crippen LogP contribution in [-0.2, 0) is 6.18 Å². The molecule has 1 saturated heterocycles. The molecule has 1 fully saturated rings. The summed E-state index contributed by atoms with van der Waals surface area (Å²) in [5.74, 6) is -0.826. The van der Waals surface area contributed by atoms with E-state index in [1.54, 1.807) is 38.5 Å². The third-order valence-corrected chi connectivity index (χ3v) is 7.01. The molecule has 0 bridgehead atoms. The van der Waals surface area contributed by atoms with E-state index >= 15 is 0 Å². The predicted molar refractivity (Wildman–Crippen MR) is 150 cm³/mol. The lowest BCUT2D eigenvalue weighted by molar-refractivity contribution is -0.141. The highest BCUT2D eigenvalue weighted by Gasteiger charge is 2.40. The molecule has 0 unspecified atom stereocenters. The van der Waals surface area contributed by atoms with Crippen molar-refractivity contribution in [2.45, 2.75) is 32.5 Å². The van der Waals surface area contributed by atoms with Crippen molar-refractivity contribution in [3.8, 4) is 17.0 Å². The molecule has 9 nitrogen and oxygen atoms in total.